The van der Waals surface area contributed by atoms with Crippen molar-refractivity contribution in [2.45, 2.75) is 0 Å². The van der Waals surface area contributed by atoms with Gasteiger partial charge in [-0.3, -0.25) is 4.99 Å². The van der Waals surface area contributed by atoms with Crippen LogP contribution in [-0.4, -0.2) is 11.7 Å². The Kier molecular flexibility index (Phi) is 1.49. The molecule has 0 bridgehead atoms. The number of hydrogen-bond donors (Lipinski definition) is 1. The van der Waals surface area contributed by atoms with Crippen LogP contribution >= 0.6 is 0 Å². The van der Waals surface area contributed by atoms with Crippen molar-refractivity contribution >= 4 is 12.4 Å². The van der Waals surface area contributed by atoms with Gasteiger partial charge in [-0.1, -0.05) is 6.58 Å². The highest BCUT2D eigenvalue weighted by Gasteiger charge is 1.91. The van der Waals surface area contributed by atoms with Gasteiger partial charge in [0.2, 0.25) is 0 Å². The first-order valence-electron chi connectivity index (χ1n) is 2.63. The minimum Gasteiger partial charge on any atom is -0.367 e. The molecule has 0 spiro atoms. The molecule has 1 heterocycles. The zero-order valence-corrected chi connectivity index (χ0v) is 5.09. The third-order valence-electron chi connectivity index (χ3n) is 1.12. The molecule has 2 nitrogen and oxygen atoms in total. The molecule has 1 aromatic heterocycles. The van der Waals surface area contributed by atoms with Gasteiger partial charge in [-0.2, -0.15) is 0 Å². The lowest BCUT2D eigenvalue weighted by Crippen LogP contribution is -1.69. The molecule has 1 N–H and O–H groups in total. The minimum absolute atomic E-state index is 0.705. The van der Waals surface area contributed by atoms with Crippen LogP contribution < -0.4 is 0 Å². The molecule has 9 heavy (non-hydrogen) atoms. The summed E-state index contributed by atoms with van der Waals surface area (Å²) in [6, 6.07) is 1.90. The number of H-pyrrole nitrogens is 1. The zero-order valence-electron chi connectivity index (χ0n) is 5.09. The quantitative estimate of drug-likeness (QED) is 0.575. The van der Waals surface area contributed by atoms with E-state index in [0.717, 1.165) is 5.56 Å². The lowest BCUT2D eigenvalue weighted by atomic mass is 10.3. The van der Waals surface area contributed by atoms with Crippen molar-refractivity contribution in [2.24, 2.45) is 4.99 Å². The maximum Gasteiger partial charge on any atom is 0.0638 e. The van der Waals surface area contributed by atoms with Gasteiger partial charge in [0.1, 0.15) is 0 Å². The second kappa shape index (κ2) is 2.31. The van der Waals surface area contributed by atoms with Crippen LogP contribution in [-0.2, 0) is 0 Å². The molecule has 0 unspecified atom stereocenters. The second-order valence-corrected chi connectivity index (χ2v) is 1.70. The Morgan fingerprint density at radius 2 is 2.44 bits per heavy atom. The van der Waals surface area contributed by atoms with Crippen LogP contribution in [0.5, 0.6) is 0 Å². The lowest BCUT2D eigenvalue weighted by molar-refractivity contribution is 1.40. The molecule has 0 aliphatic heterocycles. The predicted molar refractivity (Wildman–Crippen MR) is 39.4 cm³/mol. The first-order chi connectivity index (χ1) is 4.34. The van der Waals surface area contributed by atoms with E-state index < -0.39 is 0 Å². The largest absolute Gasteiger partial charge is 0.367 e. The van der Waals surface area contributed by atoms with Crippen LogP contribution in [0.25, 0.3) is 5.70 Å². The number of nitrogens with one attached hydrogen (secondary N) is 1. The number of aliphatic imine (C=N–C) groups is 1. The Balaban J connectivity index is 2.89. The summed E-state index contributed by atoms with van der Waals surface area (Å²) in [5.74, 6) is 0. The Morgan fingerprint density at radius 1 is 1.67 bits per heavy atom. The molecule has 0 radical (unpaired) electrons. The van der Waals surface area contributed by atoms with Crippen molar-refractivity contribution in [1.82, 2.24) is 4.98 Å². The molecule has 0 aliphatic carbocycles. The van der Waals surface area contributed by atoms with Crippen LogP contribution in [0, 0.1) is 0 Å². The van der Waals surface area contributed by atoms with Crippen molar-refractivity contribution in [2.75, 3.05) is 0 Å². The van der Waals surface area contributed by atoms with Crippen LogP contribution in [0.4, 0.5) is 0 Å². The highest BCUT2D eigenvalue weighted by atomic mass is 14.7. The number of rotatable bonds is 2. The molecule has 0 fully saturated rings. The number of nitrogens with zero attached hydrogens (tertiary/aromatic N) is 1. The summed E-state index contributed by atoms with van der Waals surface area (Å²) in [6.45, 7) is 7.02. The maximum absolute atomic E-state index is 3.67. The molecule has 2 heteroatoms. The van der Waals surface area contributed by atoms with Crippen molar-refractivity contribution in [1.29, 1.82) is 0 Å². The van der Waals surface area contributed by atoms with Crippen molar-refractivity contribution in [3.05, 3.63) is 30.6 Å². The summed E-state index contributed by atoms with van der Waals surface area (Å²) in [4.78, 5) is 6.56. The topological polar surface area (TPSA) is 28.1 Å². The average Bonchev–Trinajstić information content (AvgIpc) is 2.37. The van der Waals surface area contributed by atoms with E-state index in [9.17, 15) is 0 Å². The third-order valence-corrected chi connectivity index (χ3v) is 1.12. The summed E-state index contributed by atoms with van der Waals surface area (Å²) in [6.07, 6.45) is 3.66. The highest BCUT2D eigenvalue weighted by Crippen LogP contribution is 2.09. The van der Waals surface area contributed by atoms with Gasteiger partial charge in [-0.05, 0) is 12.8 Å². The molecule has 0 aromatic carbocycles. The number of aromatic nitrogens is 1. The molecule has 1 rings (SSSR count). The predicted octanol–water partition coefficient (Wildman–Crippen LogP) is 1.69. The summed E-state index contributed by atoms with van der Waals surface area (Å²) in [5.41, 5.74) is 1.70. The van der Waals surface area contributed by atoms with Gasteiger partial charge in [0.05, 0.1) is 5.70 Å². The molecule has 1 aromatic rings. The van der Waals surface area contributed by atoms with Crippen LogP contribution in [0.1, 0.15) is 5.56 Å². The van der Waals surface area contributed by atoms with Gasteiger partial charge in [0, 0.05) is 18.0 Å². The molecule has 0 aliphatic rings. The smallest absolute Gasteiger partial charge is 0.0638 e. The SMILES string of the molecule is C=NC(=C)c1cc[nH]c1. The standard InChI is InChI=1S/C7H8N2/c1-6(8-2)7-3-4-9-5-7/h3-5,9H,1-2H2. The molecule has 0 saturated heterocycles. The summed E-state index contributed by atoms with van der Waals surface area (Å²) in [7, 11) is 0. The molecule has 0 amide bonds. The van der Waals surface area contributed by atoms with Crippen LogP contribution in [0.15, 0.2) is 30.0 Å². The Labute approximate surface area is 53.9 Å². The average molecular weight is 120 g/mol. The fourth-order valence-corrected chi connectivity index (χ4v) is 0.595. The zero-order chi connectivity index (χ0) is 6.69. The summed E-state index contributed by atoms with van der Waals surface area (Å²) < 4.78 is 0. The van der Waals surface area contributed by atoms with E-state index in [1.165, 1.54) is 0 Å². The molecule has 0 saturated carbocycles. The van der Waals surface area contributed by atoms with Gasteiger partial charge in [0.25, 0.3) is 0 Å². The maximum atomic E-state index is 3.67. The Hall–Kier alpha value is -1.31. The van der Waals surface area contributed by atoms with E-state index in [2.05, 4.69) is 23.3 Å². The van der Waals surface area contributed by atoms with Gasteiger partial charge >= 0.3 is 0 Å². The van der Waals surface area contributed by atoms with E-state index >= 15 is 0 Å². The van der Waals surface area contributed by atoms with Gasteiger partial charge in [-0.15, -0.1) is 0 Å². The summed E-state index contributed by atoms with van der Waals surface area (Å²) >= 11 is 0. The number of hydrogen-bond acceptors (Lipinski definition) is 1. The second-order valence-electron chi connectivity index (χ2n) is 1.70. The van der Waals surface area contributed by atoms with Crippen LogP contribution in [0.2, 0.25) is 0 Å². The number of aromatic amines is 1. The van der Waals surface area contributed by atoms with E-state index in [-0.39, 0.29) is 0 Å². The third kappa shape index (κ3) is 1.08. The molecular formula is C7H8N2. The van der Waals surface area contributed by atoms with Gasteiger partial charge in [-0.25, -0.2) is 0 Å². The summed E-state index contributed by atoms with van der Waals surface area (Å²) in [5, 5.41) is 0. The van der Waals surface area contributed by atoms with E-state index in [1.807, 2.05) is 18.5 Å². The van der Waals surface area contributed by atoms with Gasteiger partial charge < -0.3 is 4.98 Å². The fraction of sp³-hybridized carbons (Fsp3) is 0. The lowest BCUT2D eigenvalue weighted by Gasteiger charge is -1.88. The van der Waals surface area contributed by atoms with Crippen LogP contribution in [0.3, 0.4) is 0 Å². The van der Waals surface area contributed by atoms with Crippen molar-refractivity contribution in [3.63, 3.8) is 0 Å². The molecule has 46 valence electrons. The van der Waals surface area contributed by atoms with Gasteiger partial charge in [0.15, 0.2) is 0 Å². The monoisotopic (exact) mass is 120 g/mol. The molecular weight excluding hydrogens is 112 g/mol. The Morgan fingerprint density at radius 3 is 2.89 bits per heavy atom. The van der Waals surface area contributed by atoms with Crippen molar-refractivity contribution in [3.8, 4) is 0 Å². The highest BCUT2D eigenvalue weighted by molar-refractivity contribution is 5.65. The minimum atomic E-state index is 0.705. The van der Waals surface area contributed by atoms with E-state index in [1.54, 1.807) is 0 Å². The van der Waals surface area contributed by atoms with E-state index in [4.69, 9.17) is 0 Å². The first-order valence-corrected chi connectivity index (χ1v) is 2.63. The van der Waals surface area contributed by atoms with Crippen molar-refractivity contribution < 1.29 is 0 Å². The van der Waals surface area contributed by atoms with E-state index in [0.29, 0.717) is 5.70 Å². The normalized spacial score (nSPS) is 8.89. The first kappa shape index (κ1) is 5.82. The molecule has 0 atom stereocenters. The Bertz CT molecular complexity index is 209. The fourth-order valence-electron chi connectivity index (χ4n) is 0.595.